The van der Waals surface area contributed by atoms with Gasteiger partial charge in [-0.25, -0.2) is 0 Å². The van der Waals surface area contributed by atoms with E-state index in [0.717, 1.165) is 16.4 Å². The van der Waals surface area contributed by atoms with Crippen molar-refractivity contribution in [1.29, 1.82) is 0 Å². The van der Waals surface area contributed by atoms with Gasteiger partial charge in [-0.05, 0) is 18.2 Å². The molecular weight excluding hydrogens is 196 g/mol. The zero-order valence-electron chi connectivity index (χ0n) is 8.25. The Morgan fingerprint density at radius 1 is 1.07 bits per heavy atom. The smallest absolute Gasteiger partial charge is 0.136 e. The summed E-state index contributed by atoms with van der Waals surface area (Å²) in [6.07, 6.45) is 0. The Morgan fingerprint density at radius 2 is 1.93 bits per heavy atom. The van der Waals surface area contributed by atoms with E-state index in [-0.39, 0.29) is 0 Å². The lowest BCUT2D eigenvalue weighted by atomic mass is 10.1. The van der Waals surface area contributed by atoms with E-state index in [1.165, 1.54) is 0 Å². The number of hydrogen-bond donors (Lipinski definition) is 0. The summed E-state index contributed by atoms with van der Waals surface area (Å²) >= 11 is 6.10. The molecule has 0 saturated heterocycles. The van der Waals surface area contributed by atoms with Crippen LogP contribution in [0.15, 0.2) is 46.9 Å². The fraction of sp³-hybridized carbons (Fsp3) is 0. The van der Waals surface area contributed by atoms with Gasteiger partial charge in [0.15, 0.2) is 0 Å². The lowest BCUT2D eigenvalue weighted by molar-refractivity contribution is 0.669. The van der Waals surface area contributed by atoms with Gasteiger partial charge in [0.1, 0.15) is 11.2 Å². The van der Waals surface area contributed by atoms with Crippen molar-refractivity contribution in [3.05, 3.63) is 47.5 Å². The highest BCUT2D eigenvalue weighted by molar-refractivity contribution is 6.37. The molecule has 0 fully saturated rings. The minimum Gasteiger partial charge on any atom is -0.456 e. The number of rotatable bonds is 0. The zero-order valence-corrected chi connectivity index (χ0v) is 8.01. The highest BCUT2D eigenvalue weighted by Gasteiger charge is 2.07. The van der Waals surface area contributed by atoms with Crippen molar-refractivity contribution in [1.82, 2.24) is 0 Å². The third-order valence-corrected chi connectivity index (χ3v) is 2.58. The van der Waals surface area contributed by atoms with E-state index in [0.29, 0.717) is 16.6 Å². The Labute approximate surface area is 87.3 Å². The zero-order chi connectivity index (χ0) is 10.4. The van der Waals surface area contributed by atoms with E-state index >= 15 is 0 Å². The summed E-state index contributed by atoms with van der Waals surface area (Å²) in [6, 6.07) is 11.4. The molecule has 68 valence electrons. The van der Waals surface area contributed by atoms with Gasteiger partial charge in [0.05, 0.1) is 6.39 Å². The van der Waals surface area contributed by atoms with Crippen molar-refractivity contribution >= 4 is 33.5 Å². The number of fused-ring (bicyclic) bond motifs is 3. The first-order valence-corrected chi connectivity index (χ1v) is 4.71. The quantitative estimate of drug-likeness (QED) is 0.533. The molecule has 0 atom stereocenters. The second-order valence-corrected chi connectivity index (χ2v) is 3.55. The highest BCUT2D eigenvalue weighted by Crippen LogP contribution is 2.33. The average Bonchev–Trinajstić information content (AvgIpc) is 2.54. The molecule has 0 spiro atoms. The van der Waals surface area contributed by atoms with Crippen molar-refractivity contribution < 1.29 is 5.79 Å². The Kier molecular flexibility index (Phi) is 1.36. The maximum Gasteiger partial charge on any atom is 0.136 e. The maximum absolute atomic E-state index is 7.55. The molecule has 0 unspecified atom stereocenters. The average molecular weight is 204 g/mol. The molecule has 0 N–H and O–H groups in total. The first kappa shape index (κ1) is 6.91. The van der Waals surface area contributed by atoms with Gasteiger partial charge >= 0.3 is 0 Å². The lowest BCUT2D eigenvalue weighted by Crippen LogP contribution is -1.67. The summed E-state index contributed by atoms with van der Waals surface area (Å²) in [5.41, 5.74) is 1.48. The minimum atomic E-state index is 0.367. The highest BCUT2D eigenvalue weighted by atomic mass is 35.5. The maximum atomic E-state index is 7.55. The van der Waals surface area contributed by atoms with Gasteiger partial charge in [0.25, 0.3) is 0 Å². The molecule has 3 aromatic rings. The molecule has 3 rings (SSSR count). The number of para-hydroxylation sites is 1. The normalized spacial score (nSPS) is 12.2. The predicted molar refractivity (Wildman–Crippen MR) is 58.7 cm³/mol. The van der Waals surface area contributed by atoms with Crippen LogP contribution in [0, 0.1) is 0 Å². The van der Waals surface area contributed by atoms with Crippen LogP contribution in [-0.4, -0.2) is 0 Å². The van der Waals surface area contributed by atoms with Gasteiger partial charge in [-0.1, -0.05) is 35.8 Å². The van der Waals surface area contributed by atoms with Gasteiger partial charge < -0.3 is 4.42 Å². The van der Waals surface area contributed by atoms with Crippen LogP contribution in [0.4, 0.5) is 0 Å². The van der Waals surface area contributed by atoms with Gasteiger partial charge in [0, 0.05) is 10.8 Å². The Hall–Kier alpha value is -1.47. The van der Waals surface area contributed by atoms with E-state index in [9.17, 15) is 0 Å². The van der Waals surface area contributed by atoms with Gasteiger partial charge in [0.2, 0.25) is 0 Å². The van der Waals surface area contributed by atoms with Crippen LogP contribution in [0.5, 0.6) is 0 Å². The summed E-state index contributed by atoms with van der Waals surface area (Å²) in [4.78, 5) is 0. The summed E-state index contributed by atoms with van der Waals surface area (Å²) in [5.74, 6) is 0. The van der Waals surface area contributed by atoms with Crippen molar-refractivity contribution in [2.45, 2.75) is 0 Å². The van der Waals surface area contributed by atoms with E-state index in [1.807, 2.05) is 24.3 Å². The van der Waals surface area contributed by atoms with Crippen LogP contribution in [0.2, 0.25) is 5.02 Å². The van der Waals surface area contributed by atoms with Crippen LogP contribution < -0.4 is 0 Å². The van der Waals surface area contributed by atoms with Gasteiger partial charge in [-0.3, -0.25) is 0 Å². The Bertz CT molecular complexity index is 657. The van der Waals surface area contributed by atoms with Crippen molar-refractivity contribution in [3.8, 4) is 0 Å². The van der Waals surface area contributed by atoms with E-state index in [4.69, 9.17) is 17.4 Å². The molecule has 2 heteroatoms. The van der Waals surface area contributed by atoms with Crippen LogP contribution in [0.1, 0.15) is 1.37 Å². The fourth-order valence-corrected chi connectivity index (χ4v) is 1.93. The minimum absolute atomic E-state index is 0.367. The third kappa shape index (κ3) is 0.962. The molecule has 0 aliphatic carbocycles. The summed E-state index contributed by atoms with van der Waals surface area (Å²) in [5, 5.41) is 2.46. The first-order chi connectivity index (χ1) is 7.25. The van der Waals surface area contributed by atoms with Crippen molar-refractivity contribution in [3.63, 3.8) is 0 Å². The molecular formula is C12H7ClO. The van der Waals surface area contributed by atoms with E-state index < -0.39 is 0 Å². The molecule has 0 aliphatic rings. The van der Waals surface area contributed by atoms with E-state index in [2.05, 4.69) is 0 Å². The largest absolute Gasteiger partial charge is 0.456 e. The van der Waals surface area contributed by atoms with E-state index in [1.54, 1.807) is 12.1 Å². The Morgan fingerprint density at radius 3 is 2.86 bits per heavy atom. The summed E-state index contributed by atoms with van der Waals surface area (Å²) in [6.45, 7) is 0. The fourth-order valence-electron chi connectivity index (χ4n) is 1.68. The molecule has 1 nitrogen and oxygen atoms in total. The summed E-state index contributed by atoms with van der Waals surface area (Å²) < 4.78 is 13.2. The number of benzene rings is 2. The molecule has 0 radical (unpaired) electrons. The standard InChI is InChI=1S/C12H7ClO/c13-9-5-3-7-11-12(9)8-4-1-2-6-10(8)14-11/h1-7H/i3D. The number of furan rings is 1. The SMILES string of the molecule is [2H]c1cc(Cl)c2c(c1)oc1ccccc12. The Balaban J connectivity index is 2.61. The monoisotopic (exact) mass is 203 g/mol. The molecule has 0 amide bonds. The van der Waals surface area contributed by atoms with Crippen LogP contribution >= 0.6 is 11.6 Å². The van der Waals surface area contributed by atoms with Crippen LogP contribution in [-0.2, 0) is 0 Å². The molecule has 1 heterocycles. The number of hydrogen-bond acceptors (Lipinski definition) is 1. The molecule has 0 aliphatic heterocycles. The second-order valence-electron chi connectivity index (χ2n) is 3.14. The predicted octanol–water partition coefficient (Wildman–Crippen LogP) is 4.24. The lowest BCUT2D eigenvalue weighted by Gasteiger charge is -1.91. The van der Waals surface area contributed by atoms with Crippen LogP contribution in [0.25, 0.3) is 21.9 Å². The van der Waals surface area contributed by atoms with Gasteiger partial charge in [-0.15, -0.1) is 0 Å². The number of halogens is 1. The molecule has 2 aromatic carbocycles. The van der Waals surface area contributed by atoms with Crippen molar-refractivity contribution in [2.75, 3.05) is 0 Å². The second kappa shape index (κ2) is 2.76. The molecule has 14 heavy (non-hydrogen) atoms. The molecule has 0 saturated carbocycles. The molecule has 0 bridgehead atoms. The van der Waals surface area contributed by atoms with Gasteiger partial charge in [-0.2, -0.15) is 0 Å². The molecule has 1 aromatic heterocycles. The first-order valence-electron chi connectivity index (χ1n) is 4.83. The third-order valence-electron chi connectivity index (χ3n) is 2.29. The topological polar surface area (TPSA) is 13.1 Å². The van der Waals surface area contributed by atoms with Crippen LogP contribution in [0.3, 0.4) is 0 Å². The summed E-state index contributed by atoms with van der Waals surface area (Å²) in [7, 11) is 0. The van der Waals surface area contributed by atoms with Crippen molar-refractivity contribution in [2.24, 2.45) is 0 Å².